The minimum atomic E-state index is -0.117. The molecule has 2 saturated carbocycles. The molecule has 362 valence electrons. The quantitative estimate of drug-likeness (QED) is 0.188. The van der Waals surface area contributed by atoms with Crippen LogP contribution in [-0.2, 0) is 19.2 Å². The fraction of sp³-hybridized carbons (Fsp3) is 0.911. The van der Waals surface area contributed by atoms with Crippen molar-refractivity contribution in [3.8, 4) is 0 Å². The molecule has 0 atom stereocenters. The number of nitrogens with zero attached hydrogens (tertiary/aromatic N) is 12. The molecular weight excluding hydrogens is 815 g/mol. The SMILES string of the molecule is CNCC(=O)NC1CCC(CC2CCC(NC(=O)CC(=O)N3CCN(N4CCN(N5CCN(N6CCN(N7CCN(N8CCN(C(C)=O)CC8)CC7)CC6)CC5)CC4)CC3)CC2)CC1. The number of rotatable bonds is 13. The molecule has 64 heavy (non-hydrogen) atoms. The van der Waals surface area contributed by atoms with Gasteiger partial charge in [0.2, 0.25) is 23.6 Å². The van der Waals surface area contributed by atoms with Crippen LogP contribution in [0.3, 0.4) is 0 Å². The summed E-state index contributed by atoms with van der Waals surface area (Å²) in [6, 6.07) is 0.505. The van der Waals surface area contributed by atoms with Crippen molar-refractivity contribution in [3.05, 3.63) is 0 Å². The number of likely N-dealkylation sites (N-methyl/N-ethyl adjacent to an activating group) is 1. The molecule has 8 fully saturated rings. The zero-order chi connectivity index (χ0) is 44.4. The maximum absolute atomic E-state index is 13.2. The van der Waals surface area contributed by atoms with E-state index < -0.39 is 0 Å². The van der Waals surface area contributed by atoms with E-state index in [0.29, 0.717) is 25.7 Å². The molecule has 4 amide bonds. The van der Waals surface area contributed by atoms with Crippen molar-refractivity contribution in [2.45, 2.75) is 83.2 Å². The first-order valence-corrected chi connectivity index (χ1v) is 25.4. The normalized spacial score (nSPS) is 30.7. The third-order valence-electron chi connectivity index (χ3n) is 16.0. The van der Waals surface area contributed by atoms with Gasteiger partial charge < -0.3 is 25.8 Å². The number of hydrogen-bond donors (Lipinski definition) is 3. The smallest absolute Gasteiger partial charge is 0.234 e. The summed E-state index contributed by atoms with van der Waals surface area (Å²) >= 11 is 0. The molecule has 8 rings (SSSR count). The average Bonchev–Trinajstić information content (AvgIpc) is 3.33. The van der Waals surface area contributed by atoms with Gasteiger partial charge in [0.25, 0.3) is 0 Å². The molecule has 6 aliphatic heterocycles. The summed E-state index contributed by atoms with van der Waals surface area (Å²) in [5, 5.41) is 34.7. The van der Waals surface area contributed by atoms with Crippen LogP contribution < -0.4 is 16.0 Å². The van der Waals surface area contributed by atoms with Crippen LogP contribution in [-0.4, -0.2) is 266 Å². The van der Waals surface area contributed by atoms with E-state index in [9.17, 15) is 19.2 Å². The third-order valence-corrected chi connectivity index (χ3v) is 16.0. The number of hydrogen-bond acceptors (Lipinski definition) is 15. The summed E-state index contributed by atoms with van der Waals surface area (Å²) in [4.78, 5) is 53.7. The van der Waals surface area contributed by atoms with E-state index in [-0.39, 0.29) is 36.1 Å². The van der Waals surface area contributed by atoms with Gasteiger partial charge in [0, 0.05) is 176 Å². The number of nitrogens with one attached hydrogen (secondary N) is 3. The molecular formula is C45H83N15O4. The average molecular weight is 898 g/mol. The van der Waals surface area contributed by atoms with Gasteiger partial charge >= 0.3 is 0 Å². The van der Waals surface area contributed by atoms with Gasteiger partial charge in [0.15, 0.2) is 0 Å². The Bertz CT molecular complexity index is 1480. The molecule has 0 aromatic carbocycles. The molecule has 0 aromatic rings. The first kappa shape index (κ1) is 47.9. The summed E-state index contributed by atoms with van der Waals surface area (Å²) in [7, 11) is 1.80. The van der Waals surface area contributed by atoms with Gasteiger partial charge in [-0.05, 0) is 76.7 Å². The Morgan fingerprint density at radius 1 is 0.391 bits per heavy atom. The first-order valence-electron chi connectivity index (χ1n) is 25.4. The van der Waals surface area contributed by atoms with E-state index in [1.165, 1.54) is 19.3 Å². The van der Waals surface area contributed by atoms with Gasteiger partial charge in [-0.2, -0.15) is 0 Å². The summed E-state index contributed by atoms with van der Waals surface area (Å²) in [6.45, 7) is 25.6. The molecule has 3 N–H and O–H groups in total. The van der Waals surface area contributed by atoms with Gasteiger partial charge in [-0.25, -0.2) is 50.1 Å². The molecule has 6 heterocycles. The van der Waals surface area contributed by atoms with E-state index in [1.807, 2.05) is 9.80 Å². The van der Waals surface area contributed by atoms with E-state index in [1.54, 1.807) is 14.0 Å². The lowest BCUT2D eigenvalue weighted by atomic mass is 9.75. The second-order valence-corrected chi connectivity index (χ2v) is 19.9. The third kappa shape index (κ3) is 13.1. The fourth-order valence-electron chi connectivity index (χ4n) is 12.0. The Kier molecular flexibility index (Phi) is 17.6. The Morgan fingerprint density at radius 2 is 0.672 bits per heavy atom. The molecule has 8 aliphatic rings. The van der Waals surface area contributed by atoms with Crippen molar-refractivity contribution < 1.29 is 19.2 Å². The van der Waals surface area contributed by atoms with E-state index in [2.05, 4.69) is 66.0 Å². The maximum Gasteiger partial charge on any atom is 0.234 e. The zero-order valence-corrected chi connectivity index (χ0v) is 39.6. The van der Waals surface area contributed by atoms with Gasteiger partial charge in [0.05, 0.1) is 6.54 Å². The number of carbonyl (C=O) groups excluding carboxylic acids is 4. The molecule has 6 saturated heterocycles. The standard InChI is InChI=1S/C45H83N15O4/c1-38(61)49-11-15-51(16-12-49)53-19-23-55(24-20-53)57-27-31-59(32-28-57)60-33-29-58(30-34-60)56-25-21-54(22-26-56)52-17-13-50(14-18-52)45(64)36-43(62)47-41-7-3-39(4-8-41)35-40-5-9-42(10-6-40)48-44(63)37-46-2/h39-42,46H,3-37H2,1-2H3,(H,47,62)(H,48,63). The molecule has 19 nitrogen and oxygen atoms in total. The summed E-state index contributed by atoms with van der Waals surface area (Å²) in [6.07, 6.45) is 10.1. The van der Waals surface area contributed by atoms with E-state index >= 15 is 0 Å². The Morgan fingerprint density at radius 3 is 0.969 bits per heavy atom. The monoisotopic (exact) mass is 898 g/mol. The lowest BCUT2D eigenvalue weighted by Crippen LogP contribution is -2.66. The molecule has 19 heteroatoms. The largest absolute Gasteiger partial charge is 0.353 e. The van der Waals surface area contributed by atoms with Crippen molar-refractivity contribution in [2.75, 3.05) is 171 Å². The van der Waals surface area contributed by atoms with Crippen molar-refractivity contribution >= 4 is 23.6 Å². The van der Waals surface area contributed by atoms with Crippen LogP contribution in [0, 0.1) is 11.8 Å². The number of carbonyl (C=O) groups is 4. The van der Waals surface area contributed by atoms with Crippen molar-refractivity contribution in [2.24, 2.45) is 11.8 Å². The minimum Gasteiger partial charge on any atom is -0.353 e. The van der Waals surface area contributed by atoms with Crippen molar-refractivity contribution in [3.63, 3.8) is 0 Å². The van der Waals surface area contributed by atoms with Gasteiger partial charge in [-0.3, -0.25) is 19.2 Å². The van der Waals surface area contributed by atoms with Crippen LogP contribution in [0.4, 0.5) is 0 Å². The number of piperazine rings is 6. The highest BCUT2D eigenvalue weighted by Crippen LogP contribution is 2.35. The van der Waals surface area contributed by atoms with Gasteiger partial charge in [-0.15, -0.1) is 0 Å². The number of amides is 4. The Hall–Kier alpha value is -2.56. The Labute approximate surface area is 383 Å². The number of hydrazine groups is 5. The van der Waals surface area contributed by atoms with Crippen molar-refractivity contribution in [1.82, 2.24) is 75.8 Å². The predicted molar refractivity (Wildman–Crippen MR) is 246 cm³/mol. The van der Waals surface area contributed by atoms with Crippen LogP contribution in [0.1, 0.15) is 71.1 Å². The first-order chi connectivity index (χ1) is 31.2. The van der Waals surface area contributed by atoms with E-state index in [0.717, 1.165) is 194 Å². The lowest BCUT2D eigenvalue weighted by Gasteiger charge is -2.51. The van der Waals surface area contributed by atoms with Crippen LogP contribution in [0.25, 0.3) is 0 Å². The predicted octanol–water partition coefficient (Wildman–Crippen LogP) is -1.31. The molecule has 0 unspecified atom stereocenters. The van der Waals surface area contributed by atoms with Crippen LogP contribution in [0.15, 0.2) is 0 Å². The van der Waals surface area contributed by atoms with Crippen LogP contribution in [0.5, 0.6) is 0 Å². The van der Waals surface area contributed by atoms with Gasteiger partial charge in [0.1, 0.15) is 6.42 Å². The lowest BCUT2D eigenvalue weighted by molar-refractivity contribution is -0.174. The van der Waals surface area contributed by atoms with E-state index in [4.69, 9.17) is 0 Å². The summed E-state index contributed by atoms with van der Waals surface area (Å²) in [5.74, 6) is 1.60. The topological polar surface area (TPSA) is 143 Å². The van der Waals surface area contributed by atoms with Crippen LogP contribution >= 0.6 is 0 Å². The summed E-state index contributed by atoms with van der Waals surface area (Å²) in [5.41, 5.74) is 0. The van der Waals surface area contributed by atoms with Crippen LogP contribution in [0.2, 0.25) is 0 Å². The highest BCUT2D eigenvalue weighted by molar-refractivity contribution is 5.97. The second kappa shape index (κ2) is 23.4. The highest BCUT2D eigenvalue weighted by atomic mass is 16.2. The van der Waals surface area contributed by atoms with Crippen molar-refractivity contribution in [1.29, 1.82) is 0 Å². The molecule has 2 aliphatic carbocycles. The molecule has 0 bridgehead atoms. The highest BCUT2D eigenvalue weighted by Gasteiger charge is 2.35. The molecule has 0 radical (unpaired) electrons. The summed E-state index contributed by atoms with van der Waals surface area (Å²) < 4.78 is 0. The maximum atomic E-state index is 13.2. The Balaban J connectivity index is 0.642. The second-order valence-electron chi connectivity index (χ2n) is 19.9. The minimum absolute atomic E-state index is 0.0400. The van der Waals surface area contributed by atoms with Gasteiger partial charge in [-0.1, -0.05) is 0 Å². The zero-order valence-electron chi connectivity index (χ0n) is 39.6. The molecule has 0 aromatic heterocycles. The fourth-order valence-corrected chi connectivity index (χ4v) is 12.0. The molecule has 0 spiro atoms.